The highest BCUT2D eigenvalue weighted by molar-refractivity contribution is 6.14. The number of hydrogen-bond donors (Lipinski definition) is 0. The molecule has 12 aromatic rings. The predicted octanol–water partition coefficient (Wildman–Crippen LogP) is 21.1. The molecule has 3 nitrogen and oxygen atoms in total. The van der Waals surface area contributed by atoms with Gasteiger partial charge >= 0.3 is 6.18 Å². The first kappa shape index (κ1) is 52.8. The Kier molecular flexibility index (Phi) is 12.6. The molecule has 2 aromatic heterocycles. The lowest BCUT2D eigenvalue weighted by Crippen LogP contribution is -2.08. The largest absolute Gasteiger partial charge is 0.416 e. The summed E-state index contributed by atoms with van der Waals surface area (Å²) >= 11 is 0. The third kappa shape index (κ3) is 8.91. The molecule has 10 aromatic carbocycles. The van der Waals surface area contributed by atoms with E-state index in [1.807, 2.05) is 18.2 Å². The van der Waals surface area contributed by atoms with Crippen LogP contribution in [0.5, 0.6) is 0 Å². The first-order chi connectivity index (χ1) is 38.6. The standard InChI is InChI=1S/C75H64F3N3/c1-40-22-45(6)70(46(7)23-40)54-14-18-60-61-19-15-55(71-47(8)24-41(2)25-48(71)9)36-65(61)80(64(60)35-54)68-32-53(39-79)33-69(74(68)58-30-44(5)31-59(34-58)75(76,77)78)81-66-37-56(72-49(10)26-42(3)27-50(72)11)16-20-62(66)63-21-17-57(38-67(63)81)73-51(12)28-43(4)29-52(73)13/h14-38H,1-13H3. The van der Waals surface area contributed by atoms with Crippen LogP contribution in [0.3, 0.4) is 0 Å². The maximum Gasteiger partial charge on any atom is 0.416 e. The minimum absolute atomic E-state index is 0.364. The van der Waals surface area contributed by atoms with Crippen LogP contribution in [0.1, 0.15) is 83.5 Å². The second-order valence-corrected chi connectivity index (χ2v) is 23.3. The molecule has 2 heterocycles. The highest BCUT2D eigenvalue weighted by Gasteiger charge is 2.33. The monoisotopic (exact) mass is 1060 g/mol. The summed E-state index contributed by atoms with van der Waals surface area (Å²) in [5.41, 5.74) is 28.1. The molecule has 0 aliphatic heterocycles. The molecule has 12 rings (SSSR count). The van der Waals surface area contributed by atoms with Crippen LogP contribution >= 0.6 is 0 Å². The Morgan fingerprint density at radius 1 is 0.309 bits per heavy atom. The summed E-state index contributed by atoms with van der Waals surface area (Å²) < 4.78 is 50.9. The number of nitriles is 1. The number of fused-ring (bicyclic) bond motifs is 6. The third-order valence-corrected chi connectivity index (χ3v) is 16.8. The van der Waals surface area contributed by atoms with Gasteiger partial charge in [0.15, 0.2) is 0 Å². The lowest BCUT2D eigenvalue weighted by Gasteiger charge is -2.23. The fourth-order valence-electron chi connectivity index (χ4n) is 14.1. The number of rotatable bonds is 7. The molecule has 0 aliphatic rings. The van der Waals surface area contributed by atoms with Gasteiger partial charge in [0.2, 0.25) is 0 Å². The van der Waals surface area contributed by atoms with E-state index in [2.05, 4.69) is 220 Å². The molecule has 0 fully saturated rings. The van der Waals surface area contributed by atoms with Crippen molar-refractivity contribution in [3.05, 3.63) is 235 Å². The summed E-state index contributed by atoms with van der Waals surface area (Å²) in [5.74, 6) is 0. The van der Waals surface area contributed by atoms with E-state index in [-0.39, 0.29) is 0 Å². The molecule has 0 saturated carbocycles. The average molecular weight is 1060 g/mol. The SMILES string of the molecule is Cc1cc(-c2c(-n3c4cc(-c5c(C)cc(C)cc5C)ccc4c4ccc(-c5c(C)cc(C)cc5C)cc43)cc(C#N)cc2-n2c3cc(-c4c(C)cc(C)cc4C)ccc3c3ccc(-c4c(C)cc(C)cc4C)cc32)cc(C(F)(F)F)c1. The van der Waals surface area contributed by atoms with Crippen LogP contribution in [0.15, 0.2) is 152 Å². The summed E-state index contributed by atoms with van der Waals surface area (Å²) in [6.45, 7) is 27.4. The quantitative estimate of drug-likeness (QED) is 0.157. The van der Waals surface area contributed by atoms with Gasteiger partial charge in [-0.3, -0.25) is 0 Å². The maximum absolute atomic E-state index is 15.5. The highest BCUT2D eigenvalue weighted by Crippen LogP contribution is 2.48. The van der Waals surface area contributed by atoms with Crippen molar-refractivity contribution in [2.45, 2.75) is 96.2 Å². The van der Waals surface area contributed by atoms with Gasteiger partial charge in [0, 0.05) is 27.1 Å². The van der Waals surface area contributed by atoms with Crippen molar-refractivity contribution in [1.29, 1.82) is 5.26 Å². The number of aromatic nitrogens is 2. The van der Waals surface area contributed by atoms with E-state index < -0.39 is 11.7 Å². The minimum atomic E-state index is -4.65. The average Bonchev–Trinajstić information content (AvgIpc) is 3.88. The Bertz CT molecular complexity index is 4140. The smallest absolute Gasteiger partial charge is 0.308 e. The topological polar surface area (TPSA) is 33.6 Å². The second kappa shape index (κ2) is 19.4. The van der Waals surface area contributed by atoms with Gasteiger partial charge in [-0.25, -0.2) is 0 Å². The summed E-state index contributed by atoms with van der Waals surface area (Å²) in [6.07, 6.45) is -4.65. The van der Waals surface area contributed by atoms with Crippen LogP contribution < -0.4 is 0 Å². The molecule has 0 saturated heterocycles. The van der Waals surface area contributed by atoms with E-state index in [0.717, 1.165) is 133 Å². The zero-order valence-corrected chi connectivity index (χ0v) is 48.4. The van der Waals surface area contributed by atoms with E-state index in [0.29, 0.717) is 33.6 Å². The van der Waals surface area contributed by atoms with Crippen LogP contribution in [-0.2, 0) is 6.18 Å². The Balaban J connectivity index is 1.30. The number of benzene rings is 10. The van der Waals surface area contributed by atoms with Gasteiger partial charge in [0.1, 0.15) is 0 Å². The number of alkyl halides is 3. The summed E-state index contributed by atoms with van der Waals surface area (Å²) in [4.78, 5) is 0. The minimum Gasteiger partial charge on any atom is -0.308 e. The third-order valence-electron chi connectivity index (χ3n) is 16.8. The maximum atomic E-state index is 15.5. The first-order valence-corrected chi connectivity index (χ1v) is 27.8. The summed E-state index contributed by atoms with van der Waals surface area (Å²) in [5, 5.41) is 15.4. The van der Waals surface area contributed by atoms with Crippen LogP contribution in [0.2, 0.25) is 0 Å². The van der Waals surface area contributed by atoms with Crippen molar-refractivity contribution in [3.8, 4) is 73.1 Å². The molecule has 0 radical (unpaired) electrons. The number of hydrogen-bond acceptors (Lipinski definition) is 1. The molecule has 0 atom stereocenters. The Morgan fingerprint density at radius 3 is 0.840 bits per heavy atom. The van der Waals surface area contributed by atoms with E-state index in [1.54, 1.807) is 6.92 Å². The van der Waals surface area contributed by atoms with Gasteiger partial charge < -0.3 is 9.13 Å². The van der Waals surface area contributed by atoms with Gasteiger partial charge in [0.25, 0.3) is 0 Å². The van der Waals surface area contributed by atoms with Crippen LogP contribution in [0, 0.1) is 101 Å². The number of nitrogens with zero attached hydrogens (tertiary/aromatic N) is 3. The van der Waals surface area contributed by atoms with Gasteiger partial charge in [-0.05, 0) is 239 Å². The van der Waals surface area contributed by atoms with Gasteiger partial charge in [-0.2, -0.15) is 18.4 Å². The molecular weight excluding hydrogens is 1000 g/mol. The molecule has 400 valence electrons. The second-order valence-electron chi connectivity index (χ2n) is 23.3. The Morgan fingerprint density at radius 2 is 0.580 bits per heavy atom. The summed E-state index contributed by atoms with van der Waals surface area (Å²) in [6, 6.07) is 54.9. The Hall–Kier alpha value is -8.92. The zero-order valence-electron chi connectivity index (χ0n) is 48.4. The fourth-order valence-corrected chi connectivity index (χ4v) is 14.1. The molecule has 0 bridgehead atoms. The normalized spacial score (nSPS) is 11.9. The molecular formula is C75H64F3N3. The van der Waals surface area contributed by atoms with Crippen molar-refractivity contribution in [2.24, 2.45) is 0 Å². The van der Waals surface area contributed by atoms with E-state index >= 15 is 13.2 Å². The molecule has 0 N–H and O–H groups in total. The van der Waals surface area contributed by atoms with E-state index in [9.17, 15) is 5.26 Å². The van der Waals surface area contributed by atoms with Crippen molar-refractivity contribution >= 4 is 43.6 Å². The Labute approximate surface area is 473 Å². The molecule has 0 aliphatic carbocycles. The molecule has 0 unspecified atom stereocenters. The van der Waals surface area contributed by atoms with Crippen LogP contribution in [0.4, 0.5) is 13.2 Å². The molecule has 0 amide bonds. The van der Waals surface area contributed by atoms with E-state index in [4.69, 9.17) is 0 Å². The van der Waals surface area contributed by atoms with Crippen molar-refractivity contribution in [1.82, 2.24) is 9.13 Å². The van der Waals surface area contributed by atoms with Gasteiger partial charge in [-0.1, -0.05) is 125 Å². The van der Waals surface area contributed by atoms with Crippen molar-refractivity contribution < 1.29 is 13.2 Å². The van der Waals surface area contributed by atoms with Crippen molar-refractivity contribution in [2.75, 3.05) is 0 Å². The lowest BCUT2D eigenvalue weighted by molar-refractivity contribution is -0.137. The fraction of sp³-hybridized carbons (Fsp3) is 0.187. The molecule has 6 heteroatoms. The van der Waals surface area contributed by atoms with Crippen LogP contribution in [-0.4, -0.2) is 9.13 Å². The number of aryl methyl sites for hydroxylation is 13. The number of halogens is 3. The van der Waals surface area contributed by atoms with Gasteiger partial charge in [-0.15, -0.1) is 0 Å². The summed E-state index contributed by atoms with van der Waals surface area (Å²) in [7, 11) is 0. The highest BCUT2D eigenvalue weighted by atomic mass is 19.4. The van der Waals surface area contributed by atoms with E-state index in [1.165, 1.54) is 34.4 Å². The lowest BCUT2D eigenvalue weighted by atomic mass is 9.92. The molecule has 0 spiro atoms. The predicted molar refractivity (Wildman–Crippen MR) is 334 cm³/mol. The van der Waals surface area contributed by atoms with Crippen LogP contribution in [0.25, 0.3) is 111 Å². The van der Waals surface area contributed by atoms with Crippen molar-refractivity contribution in [3.63, 3.8) is 0 Å². The molecule has 81 heavy (non-hydrogen) atoms. The zero-order chi connectivity index (χ0) is 57.2. The van der Waals surface area contributed by atoms with Gasteiger partial charge in [0.05, 0.1) is 50.6 Å². The first-order valence-electron chi connectivity index (χ1n) is 27.8.